The van der Waals surface area contributed by atoms with Gasteiger partial charge in [0.2, 0.25) is 5.91 Å². The fourth-order valence-corrected chi connectivity index (χ4v) is 5.22. The highest BCUT2D eigenvalue weighted by molar-refractivity contribution is 6.05. The summed E-state index contributed by atoms with van der Waals surface area (Å²) in [4.78, 5) is 42.6. The number of nitrogens with zero attached hydrogens (tertiary/aromatic N) is 2. The Hall–Kier alpha value is -3.17. The number of carboxylic acid groups (broad SMARTS) is 1. The van der Waals surface area contributed by atoms with Crippen molar-refractivity contribution in [3.8, 4) is 5.75 Å². The van der Waals surface area contributed by atoms with Crippen LogP contribution in [-0.2, 0) is 19.1 Å². The molecule has 9 nitrogen and oxygen atoms in total. The highest BCUT2D eigenvalue weighted by Crippen LogP contribution is 2.56. The Morgan fingerprint density at radius 2 is 2.00 bits per heavy atom. The van der Waals surface area contributed by atoms with Crippen molar-refractivity contribution in [2.45, 2.75) is 37.1 Å². The second-order valence-electron chi connectivity index (χ2n) is 9.15. The number of fused-ring (bicyclic) bond motifs is 1. The van der Waals surface area contributed by atoms with Gasteiger partial charge in [0.05, 0.1) is 31.3 Å². The van der Waals surface area contributed by atoms with E-state index in [1.165, 1.54) is 9.80 Å². The molecule has 9 heteroatoms. The first-order valence-electron chi connectivity index (χ1n) is 10.7. The van der Waals surface area contributed by atoms with Crippen molar-refractivity contribution in [3.05, 3.63) is 49.1 Å². The van der Waals surface area contributed by atoms with Gasteiger partial charge < -0.3 is 29.5 Å². The number of anilines is 1. The zero-order chi connectivity index (χ0) is 24.1. The molecule has 0 aliphatic carbocycles. The minimum atomic E-state index is -1.43. The Bertz CT molecular complexity index is 1020. The summed E-state index contributed by atoms with van der Waals surface area (Å²) in [6, 6.07) is 5.71. The molecule has 2 amide bonds. The van der Waals surface area contributed by atoms with Crippen LogP contribution in [0.25, 0.3) is 0 Å². The SMILES string of the molecule is C=CCN(C(=O)C1N(C(C)(C)CO)C(=O)C2C(C(=O)O)C3C=CC21O3)c1ccc(OC)cc1. The van der Waals surface area contributed by atoms with Crippen molar-refractivity contribution in [3.63, 3.8) is 0 Å². The van der Waals surface area contributed by atoms with E-state index in [1.54, 1.807) is 63.5 Å². The van der Waals surface area contributed by atoms with Crippen LogP contribution >= 0.6 is 0 Å². The van der Waals surface area contributed by atoms with Gasteiger partial charge in [-0.15, -0.1) is 6.58 Å². The van der Waals surface area contributed by atoms with Crippen molar-refractivity contribution in [2.75, 3.05) is 25.2 Å². The molecule has 1 spiro atoms. The van der Waals surface area contributed by atoms with Gasteiger partial charge in [0.25, 0.3) is 5.91 Å². The number of benzene rings is 1. The lowest BCUT2D eigenvalue weighted by molar-refractivity contribution is -0.152. The third-order valence-corrected chi connectivity index (χ3v) is 6.79. The van der Waals surface area contributed by atoms with Crippen molar-refractivity contribution < 1.29 is 34.1 Å². The number of methoxy groups -OCH3 is 1. The van der Waals surface area contributed by atoms with E-state index in [9.17, 15) is 24.6 Å². The van der Waals surface area contributed by atoms with Gasteiger partial charge in [-0.3, -0.25) is 14.4 Å². The molecule has 3 heterocycles. The molecule has 0 saturated carbocycles. The smallest absolute Gasteiger partial charge is 0.310 e. The first-order valence-corrected chi connectivity index (χ1v) is 10.7. The van der Waals surface area contributed by atoms with Crippen LogP contribution < -0.4 is 9.64 Å². The molecular formula is C24H28N2O7. The number of likely N-dealkylation sites (tertiary alicyclic amines) is 1. The molecule has 4 rings (SSSR count). The molecule has 33 heavy (non-hydrogen) atoms. The van der Waals surface area contributed by atoms with Crippen LogP contribution in [-0.4, -0.2) is 76.4 Å². The minimum absolute atomic E-state index is 0.152. The highest BCUT2D eigenvalue weighted by atomic mass is 16.5. The van der Waals surface area contributed by atoms with Crippen molar-refractivity contribution in [1.29, 1.82) is 0 Å². The van der Waals surface area contributed by atoms with E-state index in [1.807, 2.05) is 0 Å². The first-order chi connectivity index (χ1) is 15.6. The number of ether oxygens (including phenoxy) is 2. The lowest BCUT2D eigenvalue weighted by atomic mass is 9.74. The summed E-state index contributed by atoms with van der Waals surface area (Å²) in [6.07, 6.45) is 4.04. The molecule has 3 aliphatic rings. The average molecular weight is 456 g/mol. The van der Waals surface area contributed by atoms with E-state index >= 15 is 0 Å². The Morgan fingerprint density at radius 3 is 2.55 bits per heavy atom. The lowest BCUT2D eigenvalue weighted by Crippen LogP contribution is -2.61. The highest BCUT2D eigenvalue weighted by Gasteiger charge is 2.74. The van der Waals surface area contributed by atoms with Crippen LogP contribution in [0.3, 0.4) is 0 Å². The molecule has 2 N–H and O–H groups in total. The van der Waals surface area contributed by atoms with E-state index in [2.05, 4.69) is 6.58 Å². The Morgan fingerprint density at radius 1 is 1.33 bits per heavy atom. The van der Waals surface area contributed by atoms with Crippen LogP contribution in [0, 0.1) is 11.8 Å². The van der Waals surface area contributed by atoms with Gasteiger partial charge in [-0.1, -0.05) is 18.2 Å². The van der Waals surface area contributed by atoms with E-state index < -0.39 is 59.5 Å². The number of carbonyl (C=O) groups excluding carboxylic acids is 2. The number of aliphatic hydroxyl groups excluding tert-OH is 1. The molecule has 3 aliphatic heterocycles. The number of aliphatic hydroxyl groups is 1. The molecule has 1 aromatic carbocycles. The summed E-state index contributed by atoms with van der Waals surface area (Å²) in [5.41, 5.74) is -2.00. The molecule has 176 valence electrons. The van der Waals surface area contributed by atoms with Crippen molar-refractivity contribution >= 4 is 23.5 Å². The Kier molecular flexibility index (Phi) is 5.58. The first kappa shape index (κ1) is 23.0. The zero-order valence-corrected chi connectivity index (χ0v) is 18.8. The molecule has 2 fully saturated rings. The Balaban J connectivity index is 1.83. The fourth-order valence-electron chi connectivity index (χ4n) is 5.22. The number of carboxylic acids is 1. The van der Waals surface area contributed by atoms with E-state index in [4.69, 9.17) is 9.47 Å². The molecular weight excluding hydrogens is 428 g/mol. The lowest BCUT2D eigenvalue weighted by Gasteiger charge is -2.42. The molecule has 5 unspecified atom stereocenters. The second-order valence-corrected chi connectivity index (χ2v) is 9.15. The predicted octanol–water partition coefficient (Wildman–Crippen LogP) is 1.22. The van der Waals surface area contributed by atoms with Gasteiger partial charge in [-0.25, -0.2) is 0 Å². The second kappa shape index (κ2) is 8.00. The van der Waals surface area contributed by atoms with Gasteiger partial charge in [-0.2, -0.15) is 0 Å². The van der Waals surface area contributed by atoms with Crippen LogP contribution in [0.5, 0.6) is 5.75 Å². The van der Waals surface area contributed by atoms with E-state index in [0.29, 0.717) is 11.4 Å². The molecule has 2 bridgehead atoms. The van der Waals surface area contributed by atoms with Gasteiger partial charge in [0.15, 0.2) is 0 Å². The maximum absolute atomic E-state index is 14.1. The Labute approximate surface area is 191 Å². The molecule has 0 radical (unpaired) electrons. The standard InChI is InChI=1S/C24H28N2O7/c1-5-12-25(14-6-8-15(32-4)9-7-14)21(29)19-24-11-10-16(33-24)17(22(30)31)18(24)20(28)26(19)23(2,3)13-27/h5-11,16-19,27H,1,12-13H2,2-4H3,(H,30,31). The molecule has 2 saturated heterocycles. The molecule has 5 atom stereocenters. The number of hydrogen-bond donors (Lipinski definition) is 2. The maximum atomic E-state index is 14.1. The van der Waals surface area contributed by atoms with Gasteiger partial charge >= 0.3 is 5.97 Å². The zero-order valence-electron chi connectivity index (χ0n) is 18.8. The quantitative estimate of drug-likeness (QED) is 0.565. The topological polar surface area (TPSA) is 117 Å². The minimum Gasteiger partial charge on any atom is -0.497 e. The number of rotatable bonds is 8. The van der Waals surface area contributed by atoms with Crippen molar-refractivity contribution in [2.24, 2.45) is 11.8 Å². The number of carbonyl (C=O) groups is 3. The van der Waals surface area contributed by atoms with Crippen LogP contribution in [0.15, 0.2) is 49.1 Å². The number of aliphatic carboxylic acids is 1. The summed E-state index contributed by atoms with van der Waals surface area (Å²) in [5, 5.41) is 19.9. The molecule has 1 aromatic rings. The maximum Gasteiger partial charge on any atom is 0.310 e. The predicted molar refractivity (Wildman–Crippen MR) is 119 cm³/mol. The van der Waals surface area contributed by atoms with E-state index in [0.717, 1.165) is 0 Å². The molecule has 0 aromatic heterocycles. The average Bonchev–Trinajstić information content (AvgIpc) is 3.44. The van der Waals surface area contributed by atoms with Gasteiger partial charge in [0.1, 0.15) is 23.3 Å². The normalized spacial score (nSPS) is 29.8. The summed E-state index contributed by atoms with van der Waals surface area (Å²) in [5.74, 6) is -3.67. The summed E-state index contributed by atoms with van der Waals surface area (Å²) in [7, 11) is 1.54. The van der Waals surface area contributed by atoms with Crippen LogP contribution in [0.2, 0.25) is 0 Å². The van der Waals surface area contributed by atoms with Crippen LogP contribution in [0.1, 0.15) is 13.8 Å². The summed E-state index contributed by atoms with van der Waals surface area (Å²) in [6.45, 7) is 6.77. The largest absolute Gasteiger partial charge is 0.497 e. The number of hydrogen-bond acceptors (Lipinski definition) is 6. The third kappa shape index (κ3) is 3.26. The van der Waals surface area contributed by atoms with Gasteiger partial charge in [0, 0.05) is 12.2 Å². The van der Waals surface area contributed by atoms with Crippen LogP contribution in [0.4, 0.5) is 5.69 Å². The van der Waals surface area contributed by atoms with E-state index in [-0.39, 0.29) is 6.54 Å². The third-order valence-electron chi connectivity index (χ3n) is 6.79. The summed E-state index contributed by atoms with van der Waals surface area (Å²) < 4.78 is 11.3. The summed E-state index contributed by atoms with van der Waals surface area (Å²) >= 11 is 0. The monoisotopic (exact) mass is 456 g/mol. The fraction of sp³-hybridized carbons (Fsp3) is 0.458. The van der Waals surface area contributed by atoms with Gasteiger partial charge in [-0.05, 0) is 38.1 Å². The van der Waals surface area contributed by atoms with Crippen molar-refractivity contribution in [1.82, 2.24) is 4.90 Å². The number of amides is 2.